The molecule has 4 rings (SSSR count). The molecule has 3 aromatic rings. The molecule has 0 saturated carbocycles. The van der Waals surface area contributed by atoms with Gasteiger partial charge < -0.3 is 9.88 Å². The van der Waals surface area contributed by atoms with Crippen molar-refractivity contribution in [1.82, 2.24) is 9.88 Å². The van der Waals surface area contributed by atoms with Gasteiger partial charge in [0.15, 0.2) is 0 Å². The highest BCUT2D eigenvalue weighted by atomic mass is 19.1. The third-order valence-electron chi connectivity index (χ3n) is 4.47. The second kappa shape index (κ2) is 5.96. The molecule has 0 unspecified atom stereocenters. The van der Waals surface area contributed by atoms with Crippen LogP contribution in [0.15, 0.2) is 54.6 Å². The molecular weight excluding hydrogens is 303 g/mol. The maximum atomic E-state index is 13.5. The van der Waals surface area contributed by atoms with Crippen molar-refractivity contribution in [3.63, 3.8) is 0 Å². The summed E-state index contributed by atoms with van der Waals surface area (Å²) in [7, 11) is 0. The van der Waals surface area contributed by atoms with Gasteiger partial charge in [0.2, 0.25) is 5.91 Å². The number of rotatable bonds is 2. The van der Waals surface area contributed by atoms with Gasteiger partial charge in [-0.3, -0.25) is 4.79 Å². The zero-order chi connectivity index (χ0) is 16.5. The second-order valence-electron chi connectivity index (χ2n) is 6.03. The van der Waals surface area contributed by atoms with Crippen LogP contribution in [0.25, 0.3) is 17.0 Å². The Morgan fingerprint density at radius 1 is 1.17 bits per heavy atom. The summed E-state index contributed by atoms with van der Waals surface area (Å²) < 4.78 is 13.5. The second-order valence-corrected chi connectivity index (χ2v) is 6.03. The standard InChI is InChI=1S/C20H17FN2O/c21-15-7-8-18-16(12-15)17-13-23(11-10-19(17)22-18)20(24)9-6-14-4-2-1-3-5-14/h1-9,12,22H,10-11,13H2/b9-6+. The normalized spacial score (nSPS) is 14.3. The Kier molecular flexibility index (Phi) is 3.65. The molecule has 1 aliphatic rings. The minimum absolute atomic E-state index is 0.0183. The minimum atomic E-state index is -0.253. The number of amides is 1. The van der Waals surface area contributed by atoms with E-state index < -0.39 is 0 Å². The molecule has 0 radical (unpaired) electrons. The van der Waals surface area contributed by atoms with Crippen molar-refractivity contribution in [1.29, 1.82) is 0 Å². The molecule has 2 aromatic carbocycles. The molecule has 2 heterocycles. The Morgan fingerprint density at radius 2 is 2.00 bits per heavy atom. The topological polar surface area (TPSA) is 36.1 Å². The average Bonchev–Trinajstić information content (AvgIpc) is 2.97. The first kappa shape index (κ1) is 14.7. The lowest BCUT2D eigenvalue weighted by molar-refractivity contribution is -0.126. The lowest BCUT2D eigenvalue weighted by Crippen LogP contribution is -2.34. The van der Waals surface area contributed by atoms with Gasteiger partial charge >= 0.3 is 0 Å². The molecule has 0 spiro atoms. The molecular formula is C20H17FN2O. The van der Waals surface area contributed by atoms with Crippen LogP contribution in [0.3, 0.4) is 0 Å². The highest BCUT2D eigenvalue weighted by Crippen LogP contribution is 2.28. The summed E-state index contributed by atoms with van der Waals surface area (Å²) in [5.74, 6) is -0.271. The molecule has 0 saturated heterocycles. The number of fused-ring (bicyclic) bond motifs is 3. The van der Waals surface area contributed by atoms with Gasteiger partial charge in [0.05, 0.1) is 0 Å². The molecule has 120 valence electrons. The number of aromatic amines is 1. The molecule has 0 atom stereocenters. The maximum absolute atomic E-state index is 13.5. The molecule has 1 aliphatic heterocycles. The van der Waals surface area contributed by atoms with Crippen LogP contribution in [0, 0.1) is 5.82 Å². The number of benzene rings is 2. The quantitative estimate of drug-likeness (QED) is 0.714. The first-order valence-electron chi connectivity index (χ1n) is 8.02. The number of carbonyl (C=O) groups is 1. The number of carbonyl (C=O) groups excluding carboxylic acids is 1. The van der Waals surface area contributed by atoms with Crippen molar-refractivity contribution in [3.8, 4) is 0 Å². The maximum Gasteiger partial charge on any atom is 0.246 e. The highest BCUT2D eigenvalue weighted by molar-refractivity contribution is 5.93. The molecule has 0 aliphatic carbocycles. The van der Waals surface area contributed by atoms with E-state index in [9.17, 15) is 9.18 Å². The van der Waals surface area contributed by atoms with Crippen LogP contribution in [-0.2, 0) is 17.8 Å². The largest absolute Gasteiger partial charge is 0.358 e. The monoisotopic (exact) mass is 320 g/mol. The van der Waals surface area contributed by atoms with Crippen LogP contribution in [0.5, 0.6) is 0 Å². The first-order chi connectivity index (χ1) is 11.7. The van der Waals surface area contributed by atoms with Crippen molar-refractivity contribution in [2.45, 2.75) is 13.0 Å². The van der Waals surface area contributed by atoms with E-state index >= 15 is 0 Å². The number of nitrogens with zero attached hydrogens (tertiary/aromatic N) is 1. The van der Waals surface area contributed by atoms with Gasteiger partial charge in [0, 0.05) is 47.7 Å². The number of H-pyrrole nitrogens is 1. The third kappa shape index (κ3) is 2.71. The van der Waals surface area contributed by atoms with Crippen LogP contribution in [0.4, 0.5) is 4.39 Å². The molecule has 3 nitrogen and oxygen atoms in total. The summed E-state index contributed by atoms with van der Waals surface area (Å²) in [5.41, 5.74) is 4.05. The lowest BCUT2D eigenvalue weighted by Gasteiger charge is -2.26. The summed E-state index contributed by atoms with van der Waals surface area (Å²) in [6.07, 6.45) is 4.19. The Morgan fingerprint density at radius 3 is 2.83 bits per heavy atom. The molecule has 24 heavy (non-hydrogen) atoms. The molecule has 1 aromatic heterocycles. The summed E-state index contributed by atoms with van der Waals surface area (Å²) in [6.45, 7) is 1.18. The Hall–Kier alpha value is -2.88. The highest BCUT2D eigenvalue weighted by Gasteiger charge is 2.23. The summed E-state index contributed by atoms with van der Waals surface area (Å²) in [4.78, 5) is 17.6. The average molecular weight is 320 g/mol. The van der Waals surface area contributed by atoms with Crippen molar-refractivity contribution in [2.24, 2.45) is 0 Å². The Bertz CT molecular complexity index is 927. The van der Waals surface area contributed by atoms with Crippen LogP contribution in [0.1, 0.15) is 16.8 Å². The van der Waals surface area contributed by atoms with Gasteiger partial charge in [-0.1, -0.05) is 30.3 Å². The number of hydrogen-bond donors (Lipinski definition) is 1. The third-order valence-corrected chi connectivity index (χ3v) is 4.47. The summed E-state index contributed by atoms with van der Waals surface area (Å²) in [6, 6.07) is 14.5. The number of halogens is 1. The van der Waals surface area contributed by atoms with Crippen LogP contribution >= 0.6 is 0 Å². The van der Waals surface area contributed by atoms with E-state index in [0.717, 1.165) is 34.1 Å². The van der Waals surface area contributed by atoms with Gasteiger partial charge in [-0.25, -0.2) is 4.39 Å². The van der Waals surface area contributed by atoms with Gasteiger partial charge in [-0.2, -0.15) is 0 Å². The van der Waals surface area contributed by atoms with E-state index in [4.69, 9.17) is 0 Å². The molecule has 1 N–H and O–H groups in total. The molecule has 0 bridgehead atoms. The van der Waals surface area contributed by atoms with Gasteiger partial charge in [-0.05, 0) is 29.8 Å². The van der Waals surface area contributed by atoms with Gasteiger partial charge in [0.25, 0.3) is 0 Å². The first-order valence-corrected chi connectivity index (χ1v) is 8.02. The van der Waals surface area contributed by atoms with Crippen molar-refractivity contribution in [3.05, 3.63) is 77.2 Å². The Labute approximate surface area is 139 Å². The molecule has 1 amide bonds. The van der Waals surface area contributed by atoms with Crippen LogP contribution in [0.2, 0.25) is 0 Å². The van der Waals surface area contributed by atoms with Gasteiger partial charge in [-0.15, -0.1) is 0 Å². The van der Waals surface area contributed by atoms with Crippen molar-refractivity contribution < 1.29 is 9.18 Å². The van der Waals surface area contributed by atoms with E-state index in [1.807, 2.05) is 36.4 Å². The number of hydrogen-bond acceptors (Lipinski definition) is 1. The number of aromatic nitrogens is 1. The van der Waals surface area contributed by atoms with E-state index in [-0.39, 0.29) is 11.7 Å². The minimum Gasteiger partial charge on any atom is -0.358 e. The summed E-state index contributed by atoms with van der Waals surface area (Å²) >= 11 is 0. The van der Waals surface area contributed by atoms with Crippen molar-refractivity contribution in [2.75, 3.05) is 6.54 Å². The smallest absolute Gasteiger partial charge is 0.246 e. The fourth-order valence-electron chi connectivity index (χ4n) is 3.21. The predicted octanol–water partition coefficient (Wildman–Crippen LogP) is 3.91. The van der Waals surface area contributed by atoms with E-state index in [0.29, 0.717) is 13.1 Å². The fourth-order valence-corrected chi connectivity index (χ4v) is 3.21. The van der Waals surface area contributed by atoms with E-state index in [1.54, 1.807) is 23.1 Å². The van der Waals surface area contributed by atoms with Crippen LogP contribution in [-0.4, -0.2) is 22.3 Å². The zero-order valence-corrected chi connectivity index (χ0v) is 13.1. The van der Waals surface area contributed by atoms with Gasteiger partial charge in [0.1, 0.15) is 5.82 Å². The zero-order valence-electron chi connectivity index (χ0n) is 13.1. The lowest BCUT2D eigenvalue weighted by atomic mass is 10.0. The van der Waals surface area contributed by atoms with Crippen molar-refractivity contribution >= 4 is 22.9 Å². The van der Waals surface area contributed by atoms with Crippen LogP contribution < -0.4 is 0 Å². The fraction of sp³-hybridized carbons (Fsp3) is 0.150. The molecule has 4 heteroatoms. The van der Waals surface area contributed by atoms with E-state index in [2.05, 4.69) is 4.98 Å². The van der Waals surface area contributed by atoms with E-state index in [1.165, 1.54) is 6.07 Å². The summed E-state index contributed by atoms with van der Waals surface area (Å²) in [5, 5.41) is 0.870. The SMILES string of the molecule is O=C(/C=C/c1ccccc1)N1CCc2[nH]c3ccc(F)cc3c2C1. The predicted molar refractivity (Wildman–Crippen MR) is 92.9 cm³/mol. The Balaban J connectivity index is 1.57. The number of nitrogens with one attached hydrogen (secondary N) is 1. The molecule has 0 fully saturated rings.